The summed E-state index contributed by atoms with van der Waals surface area (Å²) in [4.78, 5) is 15.4. The van der Waals surface area contributed by atoms with Crippen molar-refractivity contribution >= 4 is 18.1 Å². The van der Waals surface area contributed by atoms with Crippen molar-refractivity contribution in [3.05, 3.63) is 70.5 Å². The highest BCUT2D eigenvalue weighted by molar-refractivity contribution is 7.71. The lowest BCUT2D eigenvalue weighted by molar-refractivity contribution is -0.122. The summed E-state index contributed by atoms with van der Waals surface area (Å²) in [5.74, 6) is 0.553. The van der Waals surface area contributed by atoms with Crippen LogP contribution < -0.4 is 5.32 Å². The summed E-state index contributed by atoms with van der Waals surface area (Å²) in [6.45, 7) is 6.05. The molecule has 1 atom stereocenters. The average molecular weight is 438 g/mol. The van der Waals surface area contributed by atoms with Crippen LogP contribution in [0.3, 0.4) is 0 Å². The zero-order valence-electron chi connectivity index (χ0n) is 17.6. The molecule has 1 saturated heterocycles. The number of aromatic nitrogens is 3. The fourth-order valence-electron chi connectivity index (χ4n) is 3.73. The maximum absolute atomic E-state index is 13.1. The normalized spacial score (nSPS) is 15.5. The van der Waals surface area contributed by atoms with E-state index < -0.39 is 0 Å². The van der Waals surface area contributed by atoms with Gasteiger partial charge in [0.25, 0.3) is 0 Å². The number of carbonyl (C=O) groups is 1. The molecule has 3 aromatic rings. The summed E-state index contributed by atoms with van der Waals surface area (Å²) in [6, 6.07) is 18.0. The molecule has 2 N–H and O–H groups in total. The van der Waals surface area contributed by atoms with Crippen molar-refractivity contribution in [2.45, 2.75) is 19.5 Å². The first-order valence-corrected chi connectivity index (χ1v) is 10.9. The minimum absolute atomic E-state index is 0.102. The second-order valence-corrected chi connectivity index (χ2v) is 8.13. The third-order valence-corrected chi connectivity index (χ3v) is 5.76. The Morgan fingerprint density at radius 1 is 1.16 bits per heavy atom. The summed E-state index contributed by atoms with van der Waals surface area (Å²) in [5.41, 5.74) is 3.16. The van der Waals surface area contributed by atoms with Crippen LogP contribution in [0.15, 0.2) is 54.6 Å². The lowest BCUT2D eigenvalue weighted by Crippen LogP contribution is -2.43. The van der Waals surface area contributed by atoms with E-state index in [-0.39, 0.29) is 18.5 Å². The maximum Gasteiger partial charge on any atom is 0.240 e. The second kappa shape index (κ2) is 10.00. The SMILES string of the molecule is Cc1ccc(-c2n[nH]c(=S)n2CC(=O)NC(CN2CCOCC2)c2ccccc2)cc1. The van der Waals surface area contributed by atoms with Crippen molar-refractivity contribution < 1.29 is 9.53 Å². The number of aryl methyl sites for hydroxylation is 1. The Morgan fingerprint density at radius 2 is 1.87 bits per heavy atom. The standard InChI is InChI=1S/C23H27N5O2S/c1-17-7-9-19(10-8-17)22-25-26-23(31)28(22)16-21(29)24-20(18-5-3-2-4-6-18)15-27-11-13-30-14-12-27/h2-10,20H,11-16H2,1H3,(H,24,29)(H,26,31). The molecule has 1 aliphatic heterocycles. The van der Waals surface area contributed by atoms with Gasteiger partial charge in [0, 0.05) is 25.2 Å². The number of aromatic amines is 1. The number of carbonyl (C=O) groups excluding carboxylic acids is 1. The van der Waals surface area contributed by atoms with Gasteiger partial charge in [-0.3, -0.25) is 19.4 Å². The molecule has 31 heavy (non-hydrogen) atoms. The molecule has 0 aliphatic carbocycles. The molecular formula is C23H27N5O2S. The van der Waals surface area contributed by atoms with Gasteiger partial charge in [-0.25, -0.2) is 0 Å². The van der Waals surface area contributed by atoms with Crippen molar-refractivity contribution in [3.63, 3.8) is 0 Å². The molecule has 0 spiro atoms. The summed E-state index contributed by atoms with van der Waals surface area (Å²) >= 11 is 5.40. The average Bonchev–Trinajstić information content (AvgIpc) is 3.15. The number of ether oxygens (including phenoxy) is 1. The first-order valence-electron chi connectivity index (χ1n) is 10.5. The van der Waals surface area contributed by atoms with E-state index in [1.807, 2.05) is 61.5 Å². The molecule has 1 aliphatic rings. The fourth-order valence-corrected chi connectivity index (χ4v) is 3.93. The van der Waals surface area contributed by atoms with Gasteiger partial charge in [0.05, 0.1) is 19.3 Å². The zero-order chi connectivity index (χ0) is 21.6. The van der Waals surface area contributed by atoms with Crippen LogP contribution in [0.25, 0.3) is 11.4 Å². The van der Waals surface area contributed by atoms with Gasteiger partial charge in [-0.2, -0.15) is 5.10 Å². The number of H-pyrrole nitrogens is 1. The zero-order valence-corrected chi connectivity index (χ0v) is 18.4. The molecule has 1 fully saturated rings. The Morgan fingerprint density at radius 3 is 2.58 bits per heavy atom. The molecular weight excluding hydrogens is 410 g/mol. The minimum atomic E-state index is -0.115. The van der Waals surface area contributed by atoms with Crippen LogP contribution in [-0.2, 0) is 16.1 Å². The molecule has 0 bridgehead atoms. The number of amides is 1. The number of rotatable bonds is 7. The van der Waals surface area contributed by atoms with E-state index in [1.54, 1.807) is 4.57 Å². The van der Waals surface area contributed by atoms with Crippen LogP contribution >= 0.6 is 12.2 Å². The van der Waals surface area contributed by atoms with E-state index in [0.717, 1.165) is 49.5 Å². The molecule has 0 radical (unpaired) electrons. The molecule has 2 heterocycles. The Balaban J connectivity index is 1.51. The number of nitrogens with one attached hydrogen (secondary N) is 2. The molecule has 1 unspecified atom stereocenters. The largest absolute Gasteiger partial charge is 0.379 e. The van der Waals surface area contributed by atoms with E-state index in [1.165, 1.54) is 0 Å². The van der Waals surface area contributed by atoms with E-state index >= 15 is 0 Å². The van der Waals surface area contributed by atoms with Crippen LogP contribution in [-0.4, -0.2) is 58.4 Å². The molecule has 162 valence electrons. The predicted molar refractivity (Wildman–Crippen MR) is 122 cm³/mol. The number of benzene rings is 2. The Kier molecular flexibility index (Phi) is 6.91. The first kappa shape index (κ1) is 21.4. The fraction of sp³-hybridized carbons (Fsp3) is 0.348. The highest BCUT2D eigenvalue weighted by Gasteiger charge is 2.21. The van der Waals surface area contributed by atoms with Gasteiger partial charge in [0.1, 0.15) is 6.54 Å². The topological polar surface area (TPSA) is 75.2 Å². The lowest BCUT2D eigenvalue weighted by Gasteiger charge is -2.31. The monoisotopic (exact) mass is 437 g/mol. The summed E-state index contributed by atoms with van der Waals surface area (Å²) in [7, 11) is 0. The van der Waals surface area contributed by atoms with E-state index in [9.17, 15) is 4.79 Å². The molecule has 1 amide bonds. The molecule has 0 saturated carbocycles. The molecule has 8 heteroatoms. The van der Waals surface area contributed by atoms with Gasteiger partial charge in [0.2, 0.25) is 5.91 Å². The van der Waals surface area contributed by atoms with E-state index in [2.05, 4.69) is 20.4 Å². The van der Waals surface area contributed by atoms with Crippen LogP contribution in [0.2, 0.25) is 0 Å². The van der Waals surface area contributed by atoms with Crippen molar-refractivity contribution in [2.24, 2.45) is 0 Å². The Hall–Kier alpha value is -2.81. The molecule has 7 nitrogen and oxygen atoms in total. The smallest absolute Gasteiger partial charge is 0.240 e. The molecule has 1 aromatic heterocycles. The maximum atomic E-state index is 13.1. The van der Waals surface area contributed by atoms with Gasteiger partial charge in [-0.1, -0.05) is 60.2 Å². The Bertz CT molecular complexity index is 1060. The summed E-state index contributed by atoms with van der Waals surface area (Å²) < 4.78 is 7.63. The van der Waals surface area contributed by atoms with Gasteiger partial charge in [-0.15, -0.1) is 0 Å². The number of hydrogen-bond acceptors (Lipinski definition) is 5. The third-order valence-electron chi connectivity index (χ3n) is 5.45. The molecule has 4 rings (SSSR count). The van der Waals surface area contributed by atoms with Gasteiger partial charge in [0.15, 0.2) is 10.6 Å². The van der Waals surface area contributed by atoms with Crippen LogP contribution in [0.1, 0.15) is 17.2 Å². The first-order chi connectivity index (χ1) is 15.1. The van der Waals surface area contributed by atoms with Gasteiger partial charge < -0.3 is 10.1 Å². The number of hydrogen-bond donors (Lipinski definition) is 2. The van der Waals surface area contributed by atoms with Crippen LogP contribution in [0, 0.1) is 11.7 Å². The predicted octanol–water partition coefficient (Wildman–Crippen LogP) is 3.11. The van der Waals surface area contributed by atoms with Crippen molar-refractivity contribution in [1.82, 2.24) is 25.0 Å². The van der Waals surface area contributed by atoms with Crippen molar-refractivity contribution in [2.75, 3.05) is 32.8 Å². The van der Waals surface area contributed by atoms with E-state index in [0.29, 0.717) is 10.6 Å². The minimum Gasteiger partial charge on any atom is -0.379 e. The van der Waals surface area contributed by atoms with Gasteiger partial charge in [-0.05, 0) is 24.7 Å². The van der Waals surface area contributed by atoms with Crippen LogP contribution in [0.4, 0.5) is 0 Å². The summed E-state index contributed by atoms with van der Waals surface area (Å²) in [5, 5.41) is 10.4. The lowest BCUT2D eigenvalue weighted by atomic mass is 10.1. The molecule has 2 aromatic carbocycles. The van der Waals surface area contributed by atoms with Gasteiger partial charge >= 0.3 is 0 Å². The van der Waals surface area contributed by atoms with Crippen molar-refractivity contribution in [3.8, 4) is 11.4 Å². The highest BCUT2D eigenvalue weighted by atomic mass is 32.1. The van der Waals surface area contributed by atoms with Crippen molar-refractivity contribution in [1.29, 1.82) is 0 Å². The third kappa shape index (κ3) is 5.46. The number of nitrogens with zero attached hydrogens (tertiary/aromatic N) is 3. The van der Waals surface area contributed by atoms with Crippen LogP contribution in [0.5, 0.6) is 0 Å². The van der Waals surface area contributed by atoms with E-state index in [4.69, 9.17) is 17.0 Å². The number of morpholine rings is 1. The summed E-state index contributed by atoms with van der Waals surface area (Å²) in [6.07, 6.45) is 0. The quantitative estimate of drug-likeness (QED) is 0.556. The second-order valence-electron chi connectivity index (χ2n) is 7.75. The Labute approximate surface area is 187 Å². The highest BCUT2D eigenvalue weighted by Crippen LogP contribution is 2.19.